The zero-order valence-corrected chi connectivity index (χ0v) is 17.5. The smallest absolute Gasteiger partial charge is 0.321 e. The van der Waals surface area contributed by atoms with Gasteiger partial charge in [-0.1, -0.05) is 18.5 Å². The molecule has 1 atom stereocenters. The number of hydrogen-bond acceptors (Lipinski definition) is 4. The third-order valence-corrected chi connectivity index (χ3v) is 5.30. The maximum Gasteiger partial charge on any atom is 0.321 e. The number of nitrogens with one attached hydrogen (secondary N) is 2. The number of hydrogen-bond donors (Lipinski definition) is 2. The van der Waals surface area contributed by atoms with E-state index in [1.807, 2.05) is 32.2 Å². The summed E-state index contributed by atoms with van der Waals surface area (Å²) >= 11 is 6.33. The van der Waals surface area contributed by atoms with Crippen molar-refractivity contribution in [3.05, 3.63) is 41.7 Å². The molecule has 156 valence electrons. The second-order valence-corrected chi connectivity index (χ2v) is 7.59. The summed E-state index contributed by atoms with van der Waals surface area (Å²) < 4.78 is 1.67. The first-order chi connectivity index (χ1) is 14.0. The number of carbonyl (C=O) groups is 2. The third-order valence-electron chi connectivity index (χ3n) is 5.00. The molecule has 1 aliphatic rings. The van der Waals surface area contributed by atoms with Gasteiger partial charge in [-0.2, -0.15) is 5.10 Å². The highest BCUT2D eigenvalue weighted by atomic mass is 35.5. The molecule has 1 aromatic heterocycles. The van der Waals surface area contributed by atoms with Crippen LogP contribution in [-0.2, 0) is 4.79 Å². The van der Waals surface area contributed by atoms with E-state index in [0.29, 0.717) is 43.4 Å². The zero-order valence-electron chi connectivity index (χ0n) is 16.8. The van der Waals surface area contributed by atoms with E-state index in [1.165, 1.54) is 0 Å². The number of urea groups is 1. The Morgan fingerprint density at radius 3 is 2.62 bits per heavy atom. The molecule has 2 heterocycles. The van der Waals surface area contributed by atoms with Crippen molar-refractivity contribution in [2.75, 3.05) is 38.0 Å². The number of anilines is 1. The average molecular weight is 419 g/mol. The Kier molecular flexibility index (Phi) is 7.11. The van der Waals surface area contributed by atoms with Gasteiger partial charge in [0.25, 0.3) is 0 Å². The molecule has 0 spiro atoms. The second kappa shape index (κ2) is 9.76. The lowest BCUT2D eigenvalue weighted by atomic mass is 10.2. The quantitative estimate of drug-likeness (QED) is 0.755. The molecule has 0 saturated carbocycles. The Hall–Kier alpha value is -2.58. The predicted octanol–water partition coefficient (Wildman–Crippen LogP) is 2.59. The number of piperazine rings is 1. The molecule has 8 nitrogen and oxygen atoms in total. The van der Waals surface area contributed by atoms with E-state index in [4.69, 9.17) is 11.6 Å². The topological polar surface area (TPSA) is 82.5 Å². The predicted molar refractivity (Wildman–Crippen MR) is 114 cm³/mol. The number of amides is 3. The van der Waals surface area contributed by atoms with Crippen molar-refractivity contribution in [1.82, 2.24) is 24.9 Å². The summed E-state index contributed by atoms with van der Waals surface area (Å²) in [7, 11) is 0. The van der Waals surface area contributed by atoms with Crippen molar-refractivity contribution in [2.45, 2.75) is 26.3 Å². The molecule has 3 amide bonds. The number of benzene rings is 1. The molecular formula is C20H27ClN6O2. The highest BCUT2D eigenvalue weighted by Crippen LogP contribution is 2.24. The third kappa shape index (κ3) is 5.71. The molecule has 29 heavy (non-hydrogen) atoms. The highest BCUT2D eigenvalue weighted by Gasteiger charge is 2.23. The van der Waals surface area contributed by atoms with Crippen LogP contribution >= 0.6 is 11.6 Å². The van der Waals surface area contributed by atoms with Gasteiger partial charge in [-0.15, -0.1) is 0 Å². The molecule has 1 saturated heterocycles. The largest absolute Gasteiger partial charge is 0.353 e. The van der Waals surface area contributed by atoms with Crippen molar-refractivity contribution in [3.8, 4) is 5.69 Å². The second-order valence-electron chi connectivity index (χ2n) is 7.19. The summed E-state index contributed by atoms with van der Waals surface area (Å²) in [4.78, 5) is 28.4. The van der Waals surface area contributed by atoms with Crippen molar-refractivity contribution < 1.29 is 9.59 Å². The van der Waals surface area contributed by atoms with E-state index in [-0.39, 0.29) is 18.0 Å². The molecule has 0 aliphatic carbocycles. The minimum Gasteiger partial charge on any atom is -0.353 e. The van der Waals surface area contributed by atoms with Gasteiger partial charge >= 0.3 is 6.03 Å². The van der Waals surface area contributed by atoms with Crippen LogP contribution in [0.3, 0.4) is 0 Å². The van der Waals surface area contributed by atoms with Crippen molar-refractivity contribution >= 4 is 29.2 Å². The lowest BCUT2D eigenvalue weighted by Crippen LogP contribution is -2.52. The van der Waals surface area contributed by atoms with Crippen LogP contribution in [0.2, 0.25) is 5.02 Å². The van der Waals surface area contributed by atoms with E-state index in [1.54, 1.807) is 27.9 Å². The lowest BCUT2D eigenvalue weighted by Gasteiger charge is -2.34. The molecule has 2 aromatic rings. The zero-order chi connectivity index (χ0) is 20.8. The molecule has 0 bridgehead atoms. The molecule has 3 rings (SSSR count). The van der Waals surface area contributed by atoms with Crippen LogP contribution in [0, 0.1) is 0 Å². The summed E-state index contributed by atoms with van der Waals surface area (Å²) in [5.41, 5.74) is 1.38. The van der Waals surface area contributed by atoms with Gasteiger partial charge in [-0.3, -0.25) is 9.69 Å². The Morgan fingerprint density at radius 2 is 2.00 bits per heavy atom. The number of nitrogens with zero attached hydrogens (tertiary/aromatic N) is 4. The molecule has 1 unspecified atom stereocenters. The van der Waals surface area contributed by atoms with Crippen LogP contribution < -0.4 is 10.6 Å². The Labute approximate surface area is 175 Å². The summed E-state index contributed by atoms with van der Waals surface area (Å²) in [6.45, 7) is 6.88. The first kappa shape index (κ1) is 21.1. The van der Waals surface area contributed by atoms with Crippen LogP contribution in [-0.4, -0.2) is 70.3 Å². The first-order valence-corrected chi connectivity index (χ1v) is 10.2. The SMILES string of the molecule is CCC(C)NC(=O)CN1CCN(C(=O)Nc2ccc(-n3cccn3)c(Cl)c2)CC1. The molecule has 1 aliphatic heterocycles. The van der Waals surface area contributed by atoms with Gasteiger partial charge in [0.1, 0.15) is 0 Å². The molecule has 2 N–H and O–H groups in total. The van der Waals surface area contributed by atoms with Gasteiger partial charge < -0.3 is 15.5 Å². The van der Waals surface area contributed by atoms with Crippen LogP contribution in [0.5, 0.6) is 0 Å². The van der Waals surface area contributed by atoms with Crippen LogP contribution in [0.1, 0.15) is 20.3 Å². The van der Waals surface area contributed by atoms with Gasteiger partial charge in [0, 0.05) is 50.3 Å². The Morgan fingerprint density at radius 1 is 1.24 bits per heavy atom. The molecule has 9 heteroatoms. The normalized spacial score (nSPS) is 15.8. The van der Waals surface area contributed by atoms with Crippen LogP contribution in [0.4, 0.5) is 10.5 Å². The van der Waals surface area contributed by atoms with Crippen molar-refractivity contribution in [1.29, 1.82) is 0 Å². The van der Waals surface area contributed by atoms with Gasteiger partial charge in [-0.05, 0) is 37.6 Å². The molecule has 0 radical (unpaired) electrons. The fourth-order valence-corrected chi connectivity index (χ4v) is 3.39. The number of carbonyl (C=O) groups excluding carboxylic acids is 2. The van der Waals surface area contributed by atoms with Gasteiger partial charge in [0.2, 0.25) is 5.91 Å². The summed E-state index contributed by atoms with van der Waals surface area (Å²) in [6, 6.07) is 7.17. The minimum absolute atomic E-state index is 0.0316. The average Bonchev–Trinajstić information content (AvgIpc) is 3.23. The highest BCUT2D eigenvalue weighted by molar-refractivity contribution is 6.32. The van der Waals surface area contributed by atoms with E-state index in [2.05, 4.69) is 20.6 Å². The van der Waals surface area contributed by atoms with Crippen molar-refractivity contribution in [2.24, 2.45) is 0 Å². The monoisotopic (exact) mass is 418 g/mol. The summed E-state index contributed by atoms with van der Waals surface area (Å²) in [5.74, 6) is 0.0316. The first-order valence-electron chi connectivity index (χ1n) is 9.83. The number of rotatable bonds is 6. The maximum absolute atomic E-state index is 12.6. The van der Waals surface area contributed by atoms with E-state index >= 15 is 0 Å². The van der Waals surface area contributed by atoms with Crippen LogP contribution in [0.25, 0.3) is 5.69 Å². The van der Waals surface area contributed by atoms with E-state index < -0.39 is 0 Å². The molecular weight excluding hydrogens is 392 g/mol. The summed E-state index contributed by atoms with van der Waals surface area (Å²) in [6.07, 6.45) is 4.40. The fourth-order valence-electron chi connectivity index (χ4n) is 3.12. The summed E-state index contributed by atoms with van der Waals surface area (Å²) in [5, 5.41) is 10.5. The van der Waals surface area contributed by atoms with Crippen LogP contribution in [0.15, 0.2) is 36.7 Å². The van der Waals surface area contributed by atoms with Gasteiger partial charge in [0.15, 0.2) is 0 Å². The Balaban J connectivity index is 1.49. The molecule has 1 aromatic carbocycles. The minimum atomic E-state index is -0.170. The van der Waals surface area contributed by atoms with Crippen molar-refractivity contribution in [3.63, 3.8) is 0 Å². The Bertz CT molecular complexity index is 834. The van der Waals surface area contributed by atoms with Gasteiger partial charge in [-0.25, -0.2) is 9.48 Å². The number of halogens is 1. The van der Waals surface area contributed by atoms with Gasteiger partial charge in [0.05, 0.1) is 17.3 Å². The molecule has 1 fully saturated rings. The maximum atomic E-state index is 12.6. The number of aromatic nitrogens is 2. The van der Waals surface area contributed by atoms with E-state index in [9.17, 15) is 9.59 Å². The lowest BCUT2D eigenvalue weighted by molar-refractivity contribution is -0.123. The standard InChI is InChI=1S/C20H27ClN6O2/c1-3-15(2)23-19(28)14-25-9-11-26(12-10-25)20(29)24-16-5-6-18(17(21)13-16)27-8-4-7-22-27/h4-8,13,15H,3,9-12,14H2,1-2H3,(H,23,28)(H,24,29). The van der Waals surface area contributed by atoms with E-state index in [0.717, 1.165) is 12.1 Å². The fraction of sp³-hybridized carbons (Fsp3) is 0.450.